The molecule has 0 amide bonds. The fourth-order valence-corrected chi connectivity index (χ4v) is 3.57. The number of rotatable bonds is 9. The Kier molecular flexibility index (Phi) is 6.81. The third-order valence-corrected chi connectivity index (χ3v) is 5.30. The first kappa shape index (κ1) is 20.7. The van der Waals surface area contributed by atoms with Crippen molar-refractivity contribution in [1.82, 2.24) is 4.72 Å². The SMILES string of the molecule is COc1ccc(CCNS(=O)(=O)c2ccc(NC(C)C)c(C(=O)O)c2)cc1. The molecule has 27 heavy (non-hydrogen) atoms. The number of nitrogens with one attached hydrogen (secondary N) is 2. The summed E-state index contributed by atoms with van der Waals surface area (Å²) < 4.78 is 32.6. The summed E-state index contributed by atoms with van der Waals surface area (Å²) in [5, 5.41) is 12.4. The van der Waals surface area contributed by atoms with Gasteiger partial charge in [0.2, 0.25) is 10.0 Å². The maximum absolute atomic E-state index is 12.5. The van der Waals surface area contributed by atoms with Gasteiger partial charge in [-0.3, -0.25) is 0 Å². The number of carboxylic acid groups (broad SMARTS) is 1. The minimum Gasteiger partial charge on any atom is -0.497 e. The quantitative estimate of drug-likeness (QED) is 0.606. The number of anilines is 1. The number of aromatic carboxylic acids is 1. The fraction of sp³-hybridized carbons (Fsp3) is 0.316. The van der Waals surface area contributed by atoms with Gasteiger partial charge in [0, 0.05) is 18.3 Å². The maximum atomic E-state index is 12.5. The van der Waals surface area contributed by atoms with Gasteiger partial charge in [-0.25, -0.2) is 17.9 Å². The summed E-state index contributed by atoms with van der Waals surface area (Å²) in [6.45, 7) is 3.94. The zero-order valence-electron chi connectivity index (χ0n) is 15.5. The molecule has 0 heterocycles. The summed E-state index contributed by atoms with van der Waals surface area (Å²) in [7, 11) is -2.23. The van der Waals surface area contributed by atoms with E-state index in [2.05, 4.69) is 10.0 Å². The molecule has 0 spiro atoms. The predicted molar refractivity (Wildman–Crippen MR) is 104 cm³/mol. The molecule has 0 radical (unpaired) electrons. The molecule has 0 aliphatic carbocycles. The van der Waals surface area contributed by atoms with Crippen LogP contribution in [0.15, 0.2) is 47.4 Å². The van der Waals surface area contributed by atoms with E-state index in [-0.39, 0.29) is 23.0 Å². The zero-order chi connectivity index (χ0) is 20.0. The maximum Gasteiger partial charge on any atom is 0.337 e. The summed E-state index contributed by atoms with van der Waals surface area (Å²) in [5.74, 6) is -0.455. The Bertz CT molecular complexity index is 893. The summed E-state index contributed by atoms with van der Waals surface area (Å²) in [4.78, 5) is 11.4. The van der Waals surface area contributed by atoms with Crippen LogP contribution in [-0.4, -0.2) is 39.2 Å². The van der Waals surface area contributed by atoms with Crippen LogP contribution in [0.25, 0.3) is 0 Å². The molecular formula is C19H24N2O5S. The summed E-state index contributed by atoms with van der Waals surface area (Å²) in [6.07, 6.45) is 0.502. The van der Waals surface area contributed by atoms with Gasteiger partial charge in [-0.2, -0.15) is 0 Å². The van der Waals surface area contributed by atoms with Crippen molar-refractivity contribution in [2.45, 2.75) is 31.2 Å². The standard InChI is InChI=1S/C19H24N2O5S/c1-13(2)21-18-9-8-16(12-17(18)19(22)23)27(24,25)20-11-10-14-4-6-15(26-3)7-5-14/h4-9,12-13,20-21H,10-11H2,1-3H3,(H,22,23). The van der Waals surface area contributed by atoms with Crippen LogP contribution in [-0.2, 0) is 16.4 Å². The molecular weight excluding hydrogens is 368 g/mol. The Morgan fingerprint density at radius 2 is 1.81 bits per heavy atom. The van der Waals surface area contributed by atoms with Crippen LogP contribution in [0.2, 0.25) is 0 Å². The third-order valence-electron chi connectivity index (χ3n) is 3.84. The first-order valence-corrected chi connectivity index (χ1v) is 9.97. The van der Waals surface area contributed by atoms with E-state index in [1.54, 1.807) is 7.11 Å². The van der Waals surface area contributed by atoms with Crippen molar-refractivity contribution in [2.75, 3.05) is 19.0 Å². The molecule has 0 aliphatic heterocycles. The molecule has 8 heteroatoms. The summed E-state index contributed by atoms with van der Waals surface area (Å²) in [6, 6.07) is 11.4. The Morgan fingerprint density at radius 3 is 2.37 bits per heavy atom. The molecule has 7 nitrogen and oxygen atoms in total. The van der Waals surface area contributed by atoms with Crippen molar-refractivity contribution >= 4 is 21.7 Å². The lowest BCUT2D eigenvalue weighted by Crippen LogP contribution is -2.26. The number of ether oxygens (including phenoxy) is 1. The number of sulfonamides is 1. The van der Waals surface area contributed by atoms with Gasteiger partial charge in [-0.05, 0) is 56.2 Å². The van der Waals surface area contributed by atoms with E-state index < -0.39 is 16.0 Å². The Hall–Kier alpha value is -2.58. The number of hydrogen-bond acceptors (Lipinski definition) is 5. The highest BCUT2D eigenvalue weighted by Gasteiger charge is 2.19. The molecule has 0 unspecified atom stereocenters. The van der Waals surface area contributed by atoms with Crippen LogP contribution in [0.1, 0.15) is 29.8 Å². The second-order valence-corrected chi connectivity index (χ2v) is 8.07. The second-order valence-electron chi connectivity index (χ2n) is 6.31. The largest absolute Gasteiger partial charge is 0.497 e. The molecule has 0 aliphatic rings. The van der Waals surface area contributed by atoms with Crippen LogP contribution < -0.4 is 14.8 Å². The van der Waals surface area contributed by atoms with E-state index in [1.165, 1.54) is 18.2 Å². The topological polar surface area (TPSA) is 105 Å². The number of carboxylic acids is 1. The molecule has 0 saturated carbocycles. The van der Waals surface area contributed by atoms with Gasteiger partial charge in [0.15, 0.2) is 0 Å². The minimum atomic E-state index is -3.81. The van der Waals surface area contributed by atoms with Gasteiger partial charge in [-0.15, -0.1) is 0 Å². The van der Waals surface area contributed by atoms with Gasteiger partial charge in [-0.1, -0.05) is 12.1 Å². The third kappa shape index (κ3) is 5.70. The van der Waals surface area contributed by atoms with Crippen LogP contribution >= 0.6 is 0 Å². The smallest absolute Gasteiger partial charge is 0.337 e. The molecule has 0 atom stereocenters. The normalized spacial score (nSPS) is 11.4. The molecule has 146 valence electrons. The summed E-state index contributed by atoms with van der Waals surface area (Å²) >= 11 is 0. The van der Waals surface area contributed by atoms with Gasteiger partial charge in [0.1, 0.15) is 5.75 Å². The van der Waals surface area contributed by atoms with E-state index >= 15 is 0 Å². The van der Waals surface area contributed by atoms with Crippen molar-refractivity contribution in [2.24, 2.45) is 0 Å². The number of hydrogen-bond donors (Lipinski definition) is 3. The van der Waals surface area contributed by atoms with Gasteiger partial charge >= 0.3 is 5.97 Å². The molecule has 0 aromatic heterocycles. The monoisotopic (exact) mass is 392 g/mol. The minimum absolute atomic E-state index is 0.0215. The first-order valence-electron chi connectivity index (χ1n) is 8.49. The van der Waals surface area contributed by atoms with Gasteiger partial charge < -0.3 is 15.2 Å². The lowest BCUT2D eigenvalue weighted by Gasteiger charge is -2.14. The second kappa shape index (κ2) is 8.88. The molecule has 3 N–H and O–H groups in total. The van der Waals surface area contributed by atoms with E-state index in [0.717, 1.165) is 11.3 Å². The van der Waals surface area contributed by atoms with Gasteiger partial charge in [0.25, 0.3) is 0 Å². The van der Waals surface area contributed by atoms with E-state index in [9.17, 15) is 18.3 Å². The lowest BCUT2D eigenvalue weighted by molar-refractivity contribution is 0.0697. The molecule has 2 rings (SSSR count). The average molecular weight is 392 g/mol. The van der Waals surface area contributed by atoms with Gasteiger partial charge in [0.05, 0.1) is 17.6 Å². The van der Waals surface area contributed by atoms with Crippen LogP contribution in [0.5, 0.6) is 5.75 Å². The molecule has 2 aromatic carbocycles. The van der Waals surface area contributed by atoms with Crippen molar-refractivity contribution in [3.8, 4) is 5.75 Å². The number of methoxy groups -OCH3 is 1. The number of benzene rings is 2. The van der Waals surface area contributed by atoms with Crippen molar-refractivity contribution < 1.29 is 23.1 Å². The highest BCUT2D eigenvalue weighted by molar-refractivity contribution is 7.89. The van der Waals surface area contributed by atoms with Crippen LogP contribution in [0.4, 0.5) is 5.69 Å². The molecule has 2 aromatic rings. The molecule has 0 fully saturated rings. The zero-order valence-corrected chi connectivity index (χ0v) is 16.3. The molecule has 0 saturated heterocycles. The van der Waals surface area contributed by atoms with Crippen LogP contribution in [0, 0.1) is 0 Å². The Balaban J connectivity index is 2.10. The van der Waals surface area contributed by atoms with Crippen molar-refractivity contribution in [3.05, 3.63) is 53.6 Å². The average Bonchev–Trinajstić information content (AvgIpc) is 2.61. The fourth-order valence-electron chi connectivity index (χ4n) is 2.51. The predicted octanol–water partition coefficient (Wildman–Crippen LogP) is 2.73. The molecule has 0 bridgehead atoms. The first-order chi connectivity index (χ1) is 12.7. The van der Waals surface area contributed by atoms with E-state index in [1.807, 2.05) is 38.1 Å². The Labute approximate surface area is 159 Å². The highest BCUT2D eigenvalue weighted by Crippen LogP contribution is 2.21. The Morgan fingerprint density at radius 1 is 1.15 bits per heavy atom. The van der Waals surface area contributed by atoms with Crippen LogP contribution in [0.3, 0.4) is 0 Å². The van der Waals surface area contributed by atoms with E-state index in [0.29, 0.717) is 12.1 Å². The number of carbonyl (C=O) groups is 1. The van der Waals surface area contributed by atoms with E-state index in [4.69, 9.17) is 4.74 Å². The van der Waals surface area contributed by atoms with Crippen molar-refractivity contribution in [3.63, 3.8) is 0 Å². The summed E-state index contributed by atoms with van der Waals surface area (Å²) in [5.41, 5.74) is 1.26. The van der Waals surface area contributed by atoms with Crippen molar-refractivity contribution in [1.29, 1.82) is 0 Å². The lowest BCUT2D eigenvalue weighted by atomic mass is 10.1. The highest BCUT2D eigenvalue weighted by atomic mass is 32.2.